The number of nitrogens with zero attached hydrogens (tertiary/aromatic N) is 1. The van der Waals surface area contributed by atoms with Crippen molar-refractivity contribution in [3.63, 3.8) is 0 Å². The number of aryl methyl sites for hydroxylation is 1. The number of hydrogen-bond acceptors (Lipinski definition) is 6. The second-order valence-electron chi connectivity index (χ2n) is 14.0. The summed E-state index contributed by atoms with van der Waals surface area (Å²) in [5.74, 6) is 0. The Morgan fingerprint density at radius 1 is 0.589 bits per heavy atom. The molecular weight excluding hydrogens is 701 g/mol. The van der Waals surface area contributed by atoms with E-state index in [1.165, 1.54) is 10.8 Å². The zero-order valence-corrected chi connectivity index (χ0v) is 30.9. The summed E-state index contributed by atoms with van der Waals surface area (Å²) in [6.07, 6.45) is -3.20. The first-order chi connectivity index (χ1) is 27.4. The number of nitrogens with one attached hydrogen (secondary N) is 1. The third kappa shape index (κ3) is 6.73. The van der Waals surface area contributed by atoms with Gasteiger partial charge in [0.05, 0.1) is 6.61 Å². The first kappa shape index (κ1) is 36.8. The Morgan fingerprint density at radius 3 is 1.32 bits per heavy atom. The Balaban J connectivity index is 1.30. The van der Waals surface area contributed by atoms with E-state index in [4.69, 9.17) is 14.2 Å². The molecule has 280 valence electrons. The fraction of sp³-hybridized carbons (Fsp3) is 0.167. The molecule has 0 spiro atoms. The number of aliphatic hydroxyl groups is 1. The number of aromatic amines is 1. The molecule has 0 radical (unpaired) electrons. The zero-order valence-electron chi connectivity index (χ0n) is 30.9. The predicted octanol–water partition coefficient (Wildman–Crippen LogP) is 7.49. The fourth-order valence-electron chi connectivity index (χ4n) is 7.91. The summed E-state index contributed by atoms with van der Waals surface area (Å²) in [4.78, 5) is 28.2. The van der Waals surface area contributed by atoms with E-state index in [0.29, 0.717) is 5.56 Å². The monoisotopic (exact) mass is 742 g/mol. The van der Waals surface area contributed by atoms with Crippen molar-refractivity contribution in [2.45, 2.75) is 42.7 Å². The van der Waals surface area contributed by atoms with Crippen molar-refractivity contribution in [1.29, 1.82) is 0 Å². The van der Waals surface area contributed by atoms with E-state index in [2.05, 4.69) is 4.98 Å². The lowest BCUT2D eigenvalue weighted by Gasteiger charge is -2.41. The maximum Gasteiger partial charge on any atom is 0.330 e. The molecular formula is C48H42N2O6. The minimum atomic E-state index is -1.39. The van der Waals surface area contributed by atoms with Crippen LogP contribution in [0.5, 0.6) is 0 Å². The summed E-state index contributed by atoms with van der Waals surface area (Å²) in [5, 5.41) is 12.5. The zero-order chi connectivity index (χ0) is 38.5. The number of ether oxygens (including phenoxy) is 3. The number of benzene rings is 6. The highest BCUT2D eigenvalue weighted by Crippen LogP contribution is 2.46. The predicted molar refractivity (Wildman–Crippen MR) is 215 cm³/mol. The third-order valence-electron chi connectivity index (χ3n) is 10.6. The molecule has 0 aliphatic carbocycles. The van der Waals surface area contributed by atoms with E-state index in [1.54, 1.807) is 6.92 Å². The molecule has 8 heteroatoms. The van der Waals surface area contributed by atoms with Crippen molar-refractivity contribution in [3.8, 4) is 0 Å². The van der Waals surface area contributed by atoms with E-state index in [1.807, 2.05) is 182 Å². The molecule has 1 saturated heterocycles. The SMILES string of the molecule is Cc1cn([C@@H]2O[C@H](COC(c3ccccc3)(c3ccccc3)c3ccccc3)[C@@H](OC(c3ccccc3)(c3ccccc3)c3ccccc3)[C@H]2O)c(=O)[nH]c1=O. The van der Waals surface area contributed by atoms with Gasteiger partial charge in [-0.2, -0.15) is 0 Å². The van der Waals surface area contributed by atoms with Crippen molar-refractivity contribution >= 4 is 0 Å². The van der Waals surface area contributed by atoms with Gasteiger partial charge in [-0.1, -0.05) is 182 Å². The van der Waals surface area contributed by atoms with Gasteiger partial charge >= 0.3 is 5.69 Å². The van der Waals surface area contributed by atoms with Crippen LogP contribution in [0, 0.1) is 6.92 Å². The molecule has 0 unspecified atom stereocenters. The molecule has 2 heterocycles. The van der Waals surface area contributed by atoms with Crippen LogP contribution in [0.1, 0.15) is 45.2 Å². The van der Waals surface area contributed by atoms with Crippen LogP contribution >= 0.6 is 0 Å². The molecule has 4 atom stereocenters. The van der Waals surface area contributed by atoms with Crippen LogP contribution in [0.4, 0.5) is 0 Å². The summed E-state index contributed by atoms with van der Waals surface area (Å²) in [6, 6.07) is 59.7. The van der Waals surface area contributed by atoms with Crippen molar-refractivity contribution in [1.82, 2.24) is 9.55 Å². The number of hydrogen-bond donors (Lipinski definition) is 2. The molecule has 56 heavy (non-hydrogen) atoms. The Hall–Kier alpha value is -6.16. The van der Waals surface area contributed by atoms with E-state index < -0.39 is 47.0 Å². The van der Waals surface area contributed by atoms with Gasteiger partial charge in [0.2, 0.25) is 0 Å². The number of rotatable bonds is 12. The molecule has 8 nitrogen and oxygen atoms in total. The number of aliphatic hydroxyl groups excluding tert-OH is 1. The smallest absolute Gasteiger partial charge is 0.330 e. The lowest BCUT2D eigenvalue weighted by Crippen LogP contribution is -2.47. The van der Waals surface area contributed by atoms with Crippen LogP contribution in [0.25, 0.3) is 0 Å². The van der Waals surface area contributed by atoms with Crippen LogP contribution in [0.3, 0.4) is 0 Å². The molecule has 0 saturated carbocycles. The standard InChI is InChI=1S/C48H42N2O6/c1-34-32-50(46(53)49-44(34)52)45-42(51)43(56-48(38-26-14-5-15-27-38,39-28-16-6-17-29-39)40-30-18-7-19-31-40)41(55-45)33-54-47(35-20-8-2-9-21-35,36-22-10-3-11-23-36)37-24-12-4-13-25-37/h2-32,41-43,45,51H,33H2,1H3,(H,49,52,53)/t41-,42-,43-,45-/m1/s1. The summed E-state index contributed by atoms with van der Waals surface area (Å²) in [7, 11) is 0. The van der Waals surface area contributed by atoms with Gasteiger partial charge in [0.1, 0.15) is 29.5 Å². The van der Waals surface area contributed by atoms with Gasteiger partial charge in [-0.05, 0) is 40.3 Å². The highest BCUT2D eigenvalue weighted by atomic mass is 16.6. The summed E-state index contributed by atoms with van der Waals surface area (Å²) < 4.78 is 22.7. The van der Waals surface area contributed by atoms with Crippen LogP contribution < -0.4 is 11.2 Å². The minimum Gasteiger partial charge on any atom is -0.386 e. The van der Waals surface area contributed by atoms with E-state index in [-0.39, 0.29) is 6.61 Å². The van der Waals surface area contributed by atoms with Crippen LogP contribution in [0.2, 0.25) is 0 Å². The Bertz CT molecular complexity index is 2270. The topological polar surface area (TPSA) is 103 Å². The van der Waals surface area contributed by atoms with Crippen LogP contribution in [-0.2, 0) is 25.4 Å². The van der Waals surface area contributed by atoms with E-state index in [9.17, 15) is 14.7 Å². The van der Waals surface area contributed by atoms with Crippen molar-refractivity contribution < 1.29 is 19.3 Å². The molecule has 2 N–H and O–H groups in total. The first-order valence-electron chi connectivity index (χ1n) is 18.7. The van der Waals surface area contributed by atoms with Gasteiger partial charge in [0.25, 0.3) is 5.56 Å². The van der Waals surface area contributed by atoms with Gasteiger partial charge in [0, 0.05) is 11.8 Å². The second kappa shape index (κ2) is 15.9. The molecule has 1 aromatic heterocycles. The minimum absolute atomic E-state index is 0.0670. The van der Waals surface area contributed by atoms with Gasteiger partial charge in [0.15, 0.2) is 6.23 Å². The Labute approximate surface area is 325 Å². The average Bonchev–Trinajstić information content (AvgIpc) is 3.56. The molecule has 1 aliphatic rings. The maximum absolute atomic E-state index is 13.4. The molecule has 8 rings (SSSR count). The highest BCUT2D eigenvalue weighted by molar-refractivity contribution is 5.49. The van der Waals surface area contributed by atoms with Crippen LogP contribution in [-0.4, -0.2) is 39.6 Å². The lowest BCUT2D eigenvalue weighted by molar-refractivity contribution is -0.131. The molecule has 7 aromatic rings. The lowest BCUT2D eigenvalue weighted by atomic mass is 9.79. The summed E-state index contributed by atoms with van der Waals surface area (Å²) in [6.45, 7) is 1.53. The van der Waals surface area contributed by atoms with Crippen molar-refractivity contribution in [2.24, 2.45) is 0 Å². The number of H-pyrrole nitrogens is 1. The molecule has 0 bridgehead atoms. The largest absolute Gasteiger partial charge is 0.386 e. The van der Waals surface area contributed by atoms with Gasteiger partial charge in [-0.3, -0.25) is 14.3 Å². The Morgan fingerprint density at radius 2 is 0.946 bits per heavy atom. The average molecular weight is 743 g/mol. The highest BCUT2D eigenvalue weighted by Gasteiger charge is 2.52. The first-order valence-corrected chi connectivity index (χ1v) is 18.7. The Kier molecular flexibility index (Phi) is 10.4. The molecule has 1 aliphatic heterocycles. The summed E-state index contributed by atoms with van der Waals surface area (Å²) >= 11 is 0. The van der Waals surface area contributed by atoms with E-state index >= 15 is 0 Å². The van der Waals surface area contributed by atoms with Crippen LogP contribution in [0.15, 0.2) is 198 Å². The van der Waals surface area contributed by atoms with E-state index in [0.717, 1.165) is 33.4 Å². The van der Waals surface area contributed by atoms with Crippen molar-refractivity contribution in [3.05, 3.63) is 248 Å². The summed E-state index contributed by atoms with van der Waals surface area (Å²) in [5.41, 5.74) is 1.89. The second-order valence-corrected chi connectivity index (χ2v) is 14.0. The normalized spacial score (nSPS) is 18.5. The van der Waals surface area contributed by atoms with Crippen molar-refractivity contribution in [2.75, 3.05) is 6.61 Å². The van der Waals surface area contributed by atoms with Gasteiger partial charge < -0.3 is 19.3 Å². The maximum atomic E-state index is 13.4. The molecule has 6 aromatic carbocycles. The molecule has 0 amide bonds. The number of aromatic nitrogens is 2. The quantitative estimate of drug-likeness (QED) is 0.126. The third-order valence-corrected chi connectivity index (χ3v) is 10.6. The molecule has 1 fully saturated rings. The van der Waals surface area contributed by atoms with Gasteiger partial charge in [-0.15, -0.1) is 0 Å². The van der Waals surface area contributed by atoms with Gasteiger partial charge in [-0.25, -0.2) is 4.79 Å². The fourth-order valence-corrected chi connectivity index (χ4v) is 7.91.